The fourth-order valence-electron chi connectivity index (χ4n) is 2.35. The number of amides is 1. The number of methoxy groups -OCH3 is 1. The van der Waals surface area contributed by atoms with Gasteiger partial charge in [-0.05, 0) is 24.1 Å². The first-order valence-electron chi connectivity index (χ1n) is 6.70. The number of ether oxygens (including phenoxy) is 1. The Hall–Kier alpha value is -2.09. The monoisotopic (exact) mass is 327 g/mol. The van der Waals surface area contributed by atoms with Crippen LogP contribution in [-0.4, -0.2) is 44.0 Å². The second kappa shape index (κ2) is 6.35. The molecule has 1 aromatic carbocycles. The molecule has 1 aliphatic rings. The number of carboxylic acid groups (broad SMARTS) is 1. The van der Waals surface area contributed by atoms with Gasteiger partial charge in [-0.2, -0.15) is 0 Å². The van der Waals surface area contributed by atoms with Gasteiger partial charge >= 0.3 is 5.97 Å². The van der Waals surface area contributed by atoms with Crippen molar-refractivity contribution >= 4 is 21.7 Å². The van der Waals surface area contributed by atoms with Crippen molar-refractivity contribution in [2.75, 3.05) is 18.6 Å². The van der Waals surface area contributed by atoms with Gasteiger partial charge < -0.3 is 15.2 Å². The van der Waals surface area contributed by atoms with Crippen LogP contribution in [0, 0.1) is 5.92 Å². The normalized spacial score (nSPS) is 21.0. The molecule has 7 nitrogen and oxygen atoms in total. The molecule has 1 aliphatic heterocycles. The smallest absolute Gasteiger partial charge is 0.330 e. The lowest BCUT2D eigenvalue weighted by Crippen LogP contribution is -2.38. The van der Waals surface area contributed by atoms with Crippen LogP contribution in [0.3, 0.4) is 0 Å². The third-order valence-corrected chi connectivity index (χ3v) is 5.35. The highest BCUT2D eigenvalue weighted by atomic mass is 32.2. The molecule has 1 saturated heterocycles. The first-order valence-corrected chi connectivity index (χ1v) is 8.52. The Morgan fingerprint density at radius 1 is 1.32 bits per heavy atom. The third-order valence-electron chi connectivity index (χ3n) is 3.59. The van der Waals surface area contributed by atoms with Crippen LogP contribution in [0.2, 0.25) is 0 Å². The molecule has 2 atom stereocenters. The Kier molecular flexibility index (Phi) is 4.70. The van der Waals surface area contributed by atoms with E-state index in [1.54, 1.807) is 24.3 Å². The topological polar surface area (TPSA) is 110 Å². The SMILES string of the molecule is COc1ccc(C(NC(=O)C2CCS(=O)(=O)C2)C(=O)O)cc1. The molecular weight excluding hydrogens is 310 g/mol. The van der Waals surface area contributed by atoms with E-state index < -0.39 is 33.7 Å². The lowest BCUT2D eigenvalue weighted by Gasteiger charge is -2.17. The van der Waals surface area contributed by atoms with E-state index >= 15 is 0 Å². The highest BCUT2D eigenvalue weighted by Crippen LogP contribution is 2.22. The fourth-order valence-corrected chi connectivity index (χ4v) is 4.09. The van der Waals surface area contributed by atoms with E-state index in [1.807, 2.05) is 0 Å². The van der Waals surface area contributed by atoms with Crippen LogP contribution in [0.1, 0.15) is 18.0 Å². The molecule has 22 heavy (non-hydrogen) atoms. The zero-order valence-electron chi connectivity index (χ0n) is 12.0. The number of hydrogen-bond donors (Lipinski definition) is 2. The summed E-state index contributed by atoms with van der Waals surface area (Å²) in [5, 5.41) is 11.7. The number of nitrogens with one attached hydrogen (secondary N) is 1. The summed E-state index contributed by atoms with van der Waals surface area (Å²) in [5.41, 5.74) is 0.391. The minimum Gasteiger partial charge on any atom is -0.497 e. The standard InChI is InChI=1S/C14H17NO6S/c1-21-11-4-2-9(3-5-11)12(14(17)18)15-13(16)10-6-7-22(19,20)8-10/h2-5,10,12H,6-8H2,1H3,(H,15,16)(H,17,18). The summed E-state index contributed by atoms with van der Waals surface area (Å²) >= 11 is 0. The van der Waals surface area contributed by atoms with E-state index in [2.05, 4.69) is 5.32 Å². The van der Waals surface area contributed by atoms with Crippen LogP contribution >= 0.6 is 0 Å². The Labute approximate surface area is 128 Å². The number of sulfone groups is 1. The number of carbonyl (C=O) groups excluding carboxylic acids is 1. The maximum Gasteiger partial charge on any atom is 0.330 e. The lowest BCUT2D eigenvalue weighted by molar-refractivity contribution is -0.142. The first kappa shape index (κ1) is 16.3. The van der Waals surface area contributed by atoms with Gasteiger partial charge in [-0.1, -0.05) is 12.1 Å². The number of hydrogen-bond acceptors (Lipinski definition) is 5. The minimum absolute atomic E-state index is 0.0363. The molecule has 1 amide bonds. The van der Waals surface area contributed by atoms with Gasteiger partial charge in [0, 0.05) is 0 Å². The van der Waals surface area contributed by atoms with Gasteiger partial charge in [-0.25, -0.2) is 13.2 Å². The van der Waals surface area contributed by atoms with E-state index in [-0.39, 0.29) is 17.9 Å². The average molecular weight is 327 g/mol. The Morgan fingerprint density at radius 2 is 1.95 bits per heavy atom. The van der Waals surface area contributed by atoms with Crippen molar-refractivity contribution in [3.63, 3.8) is 0 Å². The summed E-state index contributed by atoms with van der Waals surface area (Å²) in [5.74, 6) is -2.14. The van der Waals surface area contributed by atoms with Gasteiger partial charge in [-0.3, -0.25) is 4.79 Å². The van der Waals surface area contributed by atoms with E-state index in [4.69, 9.17) is 4.74 Å². The lowest BCUT2D eigenvalue weighted by atomic mass is 10.0. The Balaban J connectivity index is 2.11. The van der Waals surface area contributed by atoms with E-state index in [0.29, 0.717) is 11.3 Å². The van der Waals surface area contributed by atoms with Gasteiger partial charge in [0.25, 0.3) is 0 Å². The molecule has 0 saturated carbocycles. The molecule has 1 aromatic rings. The molecule has 0 aromatic heterocycles. The highest BCUT2D eigenvalue weighted by molar-refractivity contribution is 7.91. The first-order chi connectivity index (χ1) is 10.3. The summed E-state index contributed by atoms with van der Waals surface area (Å²) in [6.07, 6.45) is 0.225. The third kappa shape index (κ3) is 3.76. The van der Waals surface area contributed by atoms with Crippen LogP contribution in [0.4, 0.5) is 0 Å². The molecule has 0 aliphatic carbocycles. The number of carboxylic acids is 1. The molecular formula is C14H17NO6S. The van der Waals surface area contributed by atoms with Gasteiger partial charge in [0.1, 0.15) is 5.75 Å². The largest absolute Gasteiger partial charge is 0.497 e. The predicted molar refractivity (Wildman–Crippen MR) is 78.3 cm³/mol. The highest BCUT2D eigenvalue weighted by Gasteiger charge is 2.35. The van der Waals surface area contributed by atoms with Crippen molar-refractivity contribution in [3.8, 4) is 5.75 Å². The summed E-state index contributed by atoms with van der Waals surface area (Å²) < 4.78 is 27.8. The van der Waals surface area contributed by atoms with Crippen LogP contribution in [-0.2, 0) is 19.4 Å². The zero-order valence-corrected chi connectivity index (χ0v) is 12.8. The Morgan fingerprint density at radius 3 is 2.41 bits per heavy atom. The van der Waals surface area contributed by atoms with Crippen molar-refractivity contribution < 1.29 is 27.9 Å². The fraction of sp³-hybridized carbons (Fsp3) is 0.429. The predicted octanol–water partition coefficient (Wildman–Crippen LogP) is 0.372. The molecule has 120 valence electrons. The molecule has 0 spiro atoms. The molecule has 8 heteroatoms. The Bertz CT molecular complexity index is 667. The van der Waals surface area contributed by atoms with Crippen LogP contribution < -0.4 is 10.1 Å². The second-order valence-corrected chi connectivity index (χ2v) is 7.38. The molecule has 0 radical (unpaired) electrons. The quantitative estimate of drug-likeness (QED) is 0.808. The number of aliphatic carboxylic acids is 1. The number of carbonyl (C=O) groups is 2. The maximum atomic E-state index is 12.1. The van der Waals surface area contributed by atoms with Crippen molar-refractivity contribution in [2.45, 2.75) is 12.5 Å². The molecule has 1 fully saturated rings. The van der Waals surface area contributed by atoms with Crippen LogP contribution in [0.15, 0.2) is 24.3 Å². The number of benzene rings is 1. The van der Waals surface area contributed by atoms with Gasteiger partial charge in [0.2, 0.25) is 5.91 Å². The summed E-state index contributed by atoms with van der Waals surface area (Å²) in [7, 11) is -1.70. The maximum absolute atomic E-state index is 12.1. The van der Waals surface area contributed by atoms with E-state index in [1.165, 1.54) is 7.11 Å². The average Bonchev–Trinajstić information content (AvgIpc) is 2.84. The van der Waals surface area contributed by atoms with Crippen LogP contribution in [0.5, 0.6) is 5.75 Å². The second-order valence-electron chi connectivity index (χ2n) is 5.15. The molecule has 2 N–H and O–H groups in total. The van der Waals surface area contributed by atoms with Crippen molar-refractivity contribution in [3.05, 3.63) is 29.8 Å². The van der Waals surface area contributed by atoms with Crippen molar-refractivity contribution in [2.24, 2.45) is 5.92 Å². The molecule has 2 rings (SSSR count). The van der Waals surface area contributed by atoms with E-state index in [0.717, 1.165) is 0 Å². The van der Waals surface area contributed by atoms with Crippen molar-refractivity contribution in [1.29, 1.82) is 0 Å². The molecule has 1 heterocycles. The molecule has 0 bridgehead atoms. The summed E-state index contributed by atoms with van der Waals surface area (Å²) in [6, 6.07) is 5.06. The number of rotatable bonds is 5. The summed E-state index contributed by atoms with van der Waals surface area (Å²) in [6.45, 7) is 0. The minimum atomic E-state index is -3.19. The van der Waals surface area contributed by atoms with Gasteiger partial charge in [0.15, 0.2) is 15.9 Å². The van der Waals surface area contributed by atoms with Crippen molar-refractivity contribution in [1.82, 2.24) is 5.32 Å². The van der Waals surface area contributed by atoms with Crippen LogP contribution in [0.25, 0.3) is 0 Å². The zero-order chi connectivity index (χ0) is 16.3. The van der Waals surface area contributed by atoms with Gasteiger partial charge in [0.05, 0.1) is 24.5 Å². The summed E-state index contributed by atoms with van der Waals surface area (Å²) in [4.78, 5) is 23.4. The van der Waals surface area contributed by atoms with E-state index in [9.17, 15) is 23.1 Å². The molecule has 2 unspecified atom stereocenters. The van der Waals surface area contributed by atoms with Gasteiger partial charge in [-0.15, -0.1) is 0 Å².